The minimum atomic E-state index is -0.227. The Balaban J connectivity index is 1.43. The van der Waals surface area contributed by atoms with Crippen molar-refractivity contribution >= 4 is 40.2 Å². The molecule has 0 radical (unpaired) electrons. The summed E-state index contributed by atoms with van der Waals surface area (Å²) in [5.74, 6) is 1.25. The van der Waals surface area contributed by atoms with Crippen molar-refractivity contribution in [3.05, 3.63) is 81.8 Å². The largest absolute Gasteiger partial charge is 0.459 e. The van der Waals surface area contributed by atoms with Crippen molar-refractivity contribution in [1.82, 2.24) is 14.9 Å². The molecule has 4 aromatic rings. The van der Waals surface area contributed by atoms with Crippen LogP contribution in [0.3, 0.4) is 0 Å². The van der Waals surface area contributed by atoms with E-state index < -0.39 is 0 Å². The molecule has 0 bridgehead atoms. The number of nitrogens with zero attached hydrogens (tertiary/aromatic N) is 2. The van der Waals surface area contributed by atoms with Crippen LogP contribution in [0.15, 0.2) is 75.0 Å². The summed E-state index contributed by atoms with van der Waals surface area (Å²) in [6.45, 7) is 2.50. The van der Waals surface area contributed by atoms with Crippen molar-refractivity contribution in [1.29, 1.82) is 0 Å². The topological polar surface area (TPSA) is 86.4 Å². The number of hydrogen-bond acceptors (Lipinski definition) is 6. The second kappa shape index (κ2) is 10.9. The summed E-state index contributed by atoms with van der Waals surface area (Å²) in [6, 6.07) is 18.0. The number of methoxy groups -OCH3 is 1. The van der Waals surface area contributed by atoms with Crippen molar-refractivity contribution in [3.63, 3.8) is 0 Å². The van der Waals surface area contributed by atoms with Gasteiger partial charge in [0.2, 0.25) is 5.91 Å². The lowest BCUT2D eigenvalue weighted by atomic mass is 10.2. The van der Waals surface area contributed by atoms with Gasteiger partial charge in [0.25, 0.3) is 5.56 Å². The third-order valence-electron chi connectivity index (χ3n) is 5.21. The monoisotopic (exact) mass is 497 g/mol. The van der Waals surface area contributed by atoms with Crippen LogP contribution in [-0.4, -0.2) is 34.9 Å². The fourth-order valence-electron chi connectivity index (χ4n) is 3.54. The van der Waals surface area contributed by atoms with E-state index in [1.807, 2.05) is 43.3 Å². The average Bonchev–Trinajstić information content (AvgIpc) is 3.31. The van der Waals surface area contributed by atoms with Crippen LogP contribution in [0.2, 0.25) is 5.02 Å². The standard InChI is InChI=1S/C25H24ClN3O4S/c1-16(14-32-2)29-24(31)20-5-3-4-6-21(20)28-25(29)34-15-23(30)27-13-19-11-12-22(33-19)17-7-9-18(26)10-8-17/h3-12,16H,13-15H2,1-2H3,(H,27,30). The number of furan rings is 1. The Morgan fingerprint density at radius 1 is 1.18 bits per heavy atom. The Morgan fingerprint density at radius 2 is 1.94 bits per heavy atom. The van der Waals surface area contributed by atoms with Gasteiger partial charge < -0.3 is 14.5 Å². The van der Waals surface area contributed by atoms with E-state index >= 15 is 0 Å². The number of carbonyl (C=O) groups excluding carboxylic acids is 1. The van der Waals surface area contributed by atoms with Crippen molar-refractivity contribution in [2.45, 2.75) is 24.7 Å². The minimum absolute atomic E-state index is 0.106. The molecule has 1 amide bonds. The molecule has 4 rings (SSSR count). The molecule has 0 saturated carbocycles. The first-order chi connectivity index (χ1) is 16.5. The fourth-order valence-corrected chi connectivity index (χ4v) is 4.59. The summed E-state index contributed by atoms with van der Waals surface area (Å²) < 4.78 is 12.7. The number of carbonyl (C=O) groups is 1. The van der Waals surface area contributed by atoms with Crippen LogP contribution < -0.4 is 10.9 Å². The maximum Gasteiger partial charge on any atom is 0.262 e. The lowest BCUT2D eigenvalue weighted by Crippen LogP contribution is -2.29. The van der Waals surface area contributed by atoms with E-state index in [0.29, 0.717) is 39.2 Å². The highest BCUT2D eigenvalue weighted by Gasteiger charge is 2.17. The molecule has 0 saturated heterocycles. The second-order valence-corrected chi connectivity index (χ2v) is 9.11. The molecule has 176 valence electrons. The maximum atomic E-state index is 13.1. The number of hydrogen-bond donors (Lipinski definition) is 1. The maximum absolute atomic E-state index is 13.1. The smallest absolute Gasteiger partial charge is 0.262 e. The summed E-state index contributed by atoms with van der Waals surface area (Å²) in [5, 5.41) is 4.52. The highest BCUT2D eigenvalue weighted by molar-refractivity contribution is 7.99. The number of thioether (sulfide) groups is 1. The summed E-state index contributed by atoms with van der Waals surface area (Å²) >= 11 is 7.15. The van der Waals surface area contributed by atoms with Crippen molar-refractivity contribution < 1.29 is 13.9 Å². The normalized spacial score (nSPS) is 12.1. The molecular weight excluding hydrogens is 474 g/mol. The van der Waals surface area contributed by atoms with E-state index in [2.05, 4.69) is 10.3 Å². The highest BCUT2D eigenvalue weighted by Crippen LogP contribution is 2.24. The van der Waals surface area contributed by atoms with Gasteiger partial charge in [-0.1, -0.05) is 35.5 Å². The van der Waals surface area contributed by atoms with E-state index in [4.69, 9.17) is 20.8 Å². The number of aromatic nitrogens is 2. The van der Waals surface area contributed by atoms with Gasteiger partial charge in [-0.2, -0.15) is 0 Å². The second-order valence-electron chi connectivity index (χ2n) is 7.73. The molecule has 1 unspecified atom stereocenters. The predicted molar refractivity (Wildman–Crippen MR) is 134 cm³/mol. The van der Waals surface area contributed by atoms with Crippen LogP contribution in [0.25, 0.3) is 22.2 Å². The van der Waals surface area contributed by atoms with Gasteiger partial charge in [-0.05, 0) is 55.5 Å². The summed E-state index contributed by atoms with van der Waals surface area (Å²) in [6.07, 6.45) is 0. The molecule has 9 heteroatoms. The first kappa shape index (κ1) is 24.1. The number of amides is 1. The van der Waals surface area contributed by atoms with E-state index in [9.17, 15) is 9.59 Å². The van der Waals surface area contributed by atoms with Gasteiger partial charge in [0.15, 0.2) is 5.16 Å². The fraction of sp³-hybridized carbons (Fsp3) is 0.240. The Morgan fingerprint density at radius 3 is 2.71 bits per heavy atom. The molecule has 34 heavy (non-hydrogen) atoms. The zero-order valence-corrected chi connectivity index (χ0v) is 20.4. The quantitative estimate of drug-likeness (QED) is 0.261. The Labute approximate surface area is 206 Å². The summed E-state index contributed by atoms with van der Waals surface area (Å²) in [5.41, 5.74) is 1.35. The van der Waals surface area contributed by atoms with Gasteiger partial charge >= 0.3 is 0 Å². The van der Waals surface area contributed by atoms with Crippen LogP contribution in [0.4, 0.5) is 0 Å². The zero-order chi connectivity index (χ0) is 24.1. The molecule has 7 nitrogen and oxygen atoms in total. The number of benzene rings is 2. The average molecular weight is 498 g/mol. The van der Waals surface area contributed by atoms with E-state index in [0.717, 1.165) is 5.56 Å². The van der Waals surface area contributed by atoms with Crippen molar-refractivity contribution in [2.24, 2.45) is 0 Å². The van der Waals surface area contributed by atoms with Crippen LogP contribution in [0, 0.1) is 0 Å². The van der Waals surface area contributed by atoms with Gasteiger partial charge in [0, 0.05) is 17.7 Å². The van der Waals surface area contributed by atoms with Crippen molar-refractivity contribution in [3.8, 4) is 11.3 Å². The molecule has 0 spiro atoms. The van der Waals surface area contributed by atoms with Crippen LogP contribution in [-0.2, 0) is 16.1 Å². The molecule has 2 heterocycles. The number of halogens is 1. The number of nitrogens with one attached hydrogen (secondary N) is 1. The van der Waals surface area contributed by atoms with Gasteiger partial charge in [-0.15, -0.1) is 0 Å². The molecule has 0 aliphatic rings. The SMILES string of the molecule is COCC(C)n1c(SCC(=O)NCc2ccc(-c3ccc(Cl)cc3)o2)nc2ccccc2c1=O. The third-order valence-corrected chi connectivity index (χ3v) is 6.41. The van der Waals surface area contributed by atoms with Crippen LogP contribution in [0.1, 0.15) is 18.7 Å². The third kappa shape index (κ3) is 5.52. The Kier molecular flexibility index (Phi) is 7.72. The van der Waals surface area contributed by atoms with Crippen molar-refractivity contribution in [2.75, 3.05) is 19.5 Å². The molecule has 0 aliphatic heterocycles. The van der Waals surface area contributed by atoms with Crippen LogP contribution in [0.5, 0.6) is 0 Å². The molecule has 2 aromatic carbocycles. The molecule has 1 atom stereocenters. The van der Waals surface area contributed by atoms with E-state index in [-0.39, 0.29) is 29.8 Å². The molecular formula is C25H24ClN3O4S. The lowest BCUT2D eigenvalue weighted by molar-refractivity contribution is -0.118. The zero-order valence-electron chi connectivity index (χ0n) is 18.8. The summed E-state index contributed by atoms with van der Waals surface area (Å²) in [4.78, 5) is 30.3. The predicted octanol–water partition coefficient (Wildman–Crippen LogP) is 4.93. The summed E-state index contributed by atoms with van der Waals surface area (Å²) in [7, 11) is 1.59. The Hall–Kier alpha value is -3.07. The van der Waals surface area contributed by atoms with Gasteiger partial charge in [0.05, 0.1) is 35.8 Å². The van der Waals surface area contributed by atoms with E-state index in [1.54, 1.807) is 35.9 Å². The van der Waals surface area contributed by atoms with Crippen LogP contribution >= 0.6 is 23.4 Å². The van der Waals surface area contributed by atoms with Gasteiger partial charge in [-0.3, -0.25) is 14.2 Å². The Bertz CT molecular complexity index is 1350. The number of para-hydroxylation sites is 1. The van der Waals surface area contributed by atoms with Gasteiger partial charge in [0.1, 0.15) is 11.5 Å². The lowest BCUT2D eigenvalue weighted by Gasteiger charge is -2.18. The molecule has 0 aliphatic carbocycles. The highest BCUT2D eigenvalue weighted by atomic mass is 35.5. The van der Waals surface area contributed by atoms with E-state index in [1.165, 1.54) is 11.8 Å². The molecule has 0 fully saturated rings. The number of fused-ring (bicyclic) bond motifs is 1. The first-order valence-corrected chi connectivity index (χ1v) is 12.1. The first-order valence-electron chi connectivity index (χ1n) is 10.7. The minimum Gasteiger partial charge on any atom is -0.459 e. The van der Waals surface area contributed by atoms with Gasteiger partial charge in [-0.25, -0.2) is 4.98 Å². The number of rotatable bonds is 9. The molecule has 2 aromatic heterocycles. The molecule has 1 N–H and O–H groups in total. The number of ether oxygens (including phenoxy) is 1.